The van der Waals surface area contributed by atoms with Crippen molar-refractivity contribution in [1.29, 1.82) is 0 Å². The molecule has 0 unspecified atom stereocenters. The van der Waals surface area contributed by atoms with Crippen LogP contribution in [0.3, 0.4) is 0 Å². The molecule has 3 rings (SSSR count). The van der Waals surface area contributed by atoms with E-state index in [1.807, 2.05) is 0 Å². The maximum Gasteiger partial charge on any atom is 0.262 e. The van der Waals surface area contributed by atoms with Crippen molar-refractivity contribution in [2.24, 2.45) is 0 Å². The fraction of sp³-hybridized carbons (Fsp3) is 0.0667. The highest BCUT2D eigenvalue weighted by molar-refractivity contribution is 5.66. The molecule has 3 aromatic rings. The Kier molecular flexibility index (Phi) is 2.95. The highest BCUT2D eigenvalue weighted by Gasteiger charge is 2.14. The standard InChI is InChI=1S/C15H11FN2O2/c1-9-3-2-4-12(13(9)19)15-17-14(18-20-15)10-5-7-11(16)8-6-10/h2-8,19H,1H3. The number of aromatic hydroxyl groups is 1. The Morgan fingerprint density at radius 1 is 1.10 bits per heavy atom. The van der Waals surface area contributed by atoms with Gasteiger partial charge in [-0.05, 0) is 42.8 Å². The topological polar surface area (TPSA) is 59.2 Å². The fourth-order valence-electron chi connectivity index (χ4n) is 1.88. The lowest BCUT2D eigenvalue weighted by atomic mass is 10.1. The number of phenolic OH excluding ortho intramolecular Hbond substituents is 1. The first-order valence-corrected chi connectivity index (χ1v) is 6.04. The van der Waals surface area contributed by atoms with Crippen LogP contribution in [-0.4, -0.2) is 15.2 Å². The van der Waals surface area contributed by atoms with Gasteiger partial charge in [0.25, 0.3) is 5.89 Å². The molecule has 1 N–H and O–H groups in total. The molecule has 0 saturated carbocycles. The number of rotatable bonds is 2. The van der Waals surface area contributed by atoms with Gasteiger partial charge in [0, 0.05) is 5.56 Å². The van der Waals surface area contributed by atoms with Crippen molar-refractivity contribution < 1.29 is 14.0 Å². The molecule has 1 aromatic heterocycles. The van der Waals surface area contributed by atoms with Crippen LogP contribution in [0.2, 0.25) is 0 Å². The first-order chi connectivity index (χ1) is 9.65. The van der Waals surface area contributed by atoms with E-state index >= 15 is 0 Å². The molecular formula is C15H11FN2O2. The number of halogens is 1. The molecule has 5 heteroatoms. The zero-order valence-corrected chi connectivity index (χ0v) is 10.7. The van der Waals surface area contributed by atoms with Crippen LogP contribution in [0.25, 0.3) is 22.8 Å². The van der Waals surface area contributed by atoms with E-state index in [1.54, 1.807) is 37.3 Å². The second kappa shape index (κ2) is 4.77. The number of aryl methyl sites for hydroxylation is 1. The van der Waals surface area contributed by atoms with E-state index in [0.29, 0.717) is 17.0 Å². The first kappa shape index (κ1) is 12.3. The lowest BCUT2D eigenvalue weighted by molar-refractivity contribution is 0.425. The van der Waals surface area contributed by atoms with Crippen molar-refractivity contribution in [3.8, 4) is 28.6 Å². The van der Waals surface area contributed by atoms with Crippen LogP contribution in [0.15, 0.2) is 47.0 Å². The monoisotopic (exact) mass is 270 g/mol. The van der Waals surface area contributed by atoms with Gasteiger partial charge in [0.05, 0.1) is 5.56 Å². The summed E-state index contributed by atoms with van der Waals surface area (Å²) in [5.74, 6) is 0.363. The van der Waals surface area contributed by atoms with Crippen LogP contribution in [-0.2, 0) is 0 Å². The van der Waals surface area contributed by atoms with Crippen LogP contribution >= 0.6 is 0 Å². The first-order valence-electron chi connectivity index (χ1n) is 6.04. The van der Waals surface area contributed by atoms with E-state index in [1.165, 1.54) is 12.1 Å². The summed E-state index contributed by atoms with van der Waals surface area (Å²) in [6, 6.07) is 11.1. The van der Waals surface area contributed by atoms with Gasteiger partial charge in [-0.25, -0.2) is 4.39 Å². The average Bonchev–Trinajstić information content (AvgIpc) is 2.92. The molecule has 4 nitrogen and oxygen atoms in total. The van der Waals surface area contributed by atoms with Crippen molar-refractivity contribution in [1.82, 2.24) is 10.1 Å². The predicted molar refractivity (Wildman–Crippen MR) is 71.5 cm³/mol. The average molecular weight is 270 g/mol. The van der Waals surface area contributed by atoms with Crippen molar-refractivity contribution in [3.05, 3.63) is 53.8 Å². The molecule has 1 heterocycles. The summed E-state index contributed by atoms with van der Waals surface area (Å²) in [5, 5.41) is 13.8. The van der Waals surface area contributed by atoms with Gasteiger partial charge in [-0.3, -0.25) is 0 Å². The second-order valence-corrected chi connectivity index (χ2v) is 4.40. The Labute approximate surface area is 114 Å². The molecule has 0 radical (unpaired) electrons. The van der Waals surface area contributed by atoms with Crippen LogP contribution < -0.4 is 0 Å². The summed E-state index contributed by atoms with van der Waals surface area (Å²) in [7, 11) is 0. The molecule has 2 aromatic carbocycles. The number of para-hydroxylation sites is 1. The molecule has 100 valence electrons. The quantitative estimate of drug-likeness (QED) is 0.773. The molecule has 0 amide bonds. The van der Waals surface area contributed by atoms with Gasteiger partial charge in [0.2, 0.25) is 5.82 Å². The predicted octanol–water partition coefficient (Wildman–Crippen LogP) is 3.56. The Morgan fingerprint density at radius 3 is 2.60 bits per heavy atom. The van der Waals surface area contributed by atoms with E-state index in [0.717, 1.165) is 5.56 Å². The molecule has 0 bridgehead atoms. The Hall–Kier alpha value is -2.69. The van der Waals surface area contributed by atoms with Crippen molar-refractivity contribution in [2.75, 3.05) is 0 Å². The third-order valence-corrected chi connectivity index (χ3v) is 3.00. The van der Waals surface area contributed by atoms with Gasteiger partial charge in [-0.2, -0.15) is 4.98 Å². The van der Waals surface area contributed by atoms with Crippen molar-refractivity contribution >= 4 is 0 Å². The maximum atomic E-state index is 12.9. The zero-order chi connectivity index (χ0) is 14.1. The number of phenols is 1. The van der Waals surface area contributed by atoms with Gasteiger partial charge >= 0.3 is 0 Å². The minimum absolute atomic E-state index is 0.113. The smallest absolute Gasteiger partial charge is 0.262 e. The van der Waals surface area contributed by atoms with Crippen molar-refractivity contribution in [3.63, 3.8) is 0 Å². The van der Waals surface area contributed by atoms with Crippen LogP contribution in [0.1, 0.15) is 5.56 Å². The molecule has 0 atom stereocenters. The minimum atomic E-state index is -0.325. The van der Waals surface area contributed by atoms with Gasteiger partial charge in [-0.1, -0.05) is 17.3 Å². The largest absolute Gasteiger partial charge is 0.507 e. The summed E-state index contributed by atoms with van der Waals surface area (Å²) in [4.78, 5) is 4.22. The third kappa shape index (κ3) is 2.14. The van der Waals surface area contributed by atoms with E-state index < -0.39 is 0 Å². The molecule has 0 aliphatic rings. The van der Waals surface area contributed by atoms with Crippen LogP contribution in [0.4, 0.5) is 4.39 Å². The van der Waals surface area contributed by atoms with Gasteiger partial charge < -0.3 is 9.63 Å². The van der Waals surface area contributed by atoms with Gasteiger partial charge in [0.15, 0.2) is 0 Å². The maximum absolute atomic E-state index is 12.9. The number of aromatic nitrogens is 2. The van der Waals surface area contributed by atoms with E-state index in [4.69, 9.17) is 4.52 Å². The molecular weight excluding hydrogens is 259 g/mol. The van der Waals surface area contributed by atoms with Gasteiger partial charge in [0.1, 0.15) is 11.6 Å². The summed E-state index contributed by atoms with van der Waals surface area (Å²) in [6.45, 7) is 1.79. The number of hydrogen-bond acceptors (Lipinski definition) is 4. The Morgan fingerprint density at radius 2 is 1.85 bits per heavy atom. The Balaban J connectivity index is 2.02. The van der Waals surface area contributed by atoms with Gasteiger partial charge in [-0.15, -0.1) is 0 Å². The number of nitrogens with zero attached hydrogens (tertiary/aromatic N) is 2. The summed E-state index contributed by atoms with van der Waals surface area (Å²) >= 11 is 0. The molecule has 0 saturated heterocycles. The normalized spacial score (nSPS) is 10.7. The minimum Gasteiger partial charge on any atom is -0.507 e. The third-order valence-electron chi connectivity index (χ3n) is 3.00. The molecule has 0 aliphatic carbocycles. The van der Waals surface area contributed by atoms with Crippen LogP contribution in [0.5, 0.6) is 5.75 Å². The van der Waals surface area contributed by atoms with Crippen molar-refractivity contribution in [2.45, 2.75) is 6.92 Å². The van der Waals surface area contributed by atoms with E-state index in [2.05, 4.69) is 10.1 Å². The molecule has 0 spiro atoms. The zero-order valence-electron chi connectivity index (χ0n) is 10.7. The van der Waals surface area contributed by atoms with Crippen LogP contribution in [0, 0.1) is 12.7 Å². The molecule has 0 fully saturated rings. The highest BCUT2D eigenvalue weighted by Crippen LogP contribution is 2.31. The SMILES string of the molecule is Cc1cccc(-c2nc(-c3ccc(F)cc3)no2)c1O. The molecule has 0 aliphatic heterocycles. The summed E-state index contributed by atoms with van der Waals surface area (Å²) in [5.41, 5.74) is 1.85. The Bertz CT molecular complexity index is 751. The summed E-state index contributed by atoms with van der Waals surface area (Å²) < 4.78 is 18.0. The van der Waals surface area contributed by atoms with E-state index in [9.17, 15) is 9.50 Å². The highest BCUT2D eigenvalue weighted by atomic mass is 19.1. The number of hydrogen-bond donors (Lipinski definition) is 1. The second-order valence-electron chi connectivity index (χ2n) is 4.40. The summed E-state index contributed by atoms with van der Waals surface area (Å²) in [6.07, 6.45) is 0. The lowest BCUT2D eigenvalue weighted by Crippen LogP contribution is -1.84. The van der Waals surface area contributed by atoms with E-state index in [-0.39, 0.29) is 17.5 Å². The lowest BCUT2D eigenvalue weighted by Gasteiger charge is -2.01. The fourth-order valence-corrected chi connectivity index (χ4v) is 1.88. The molecule has 20 heavy (non-hydrogen) atoms. The number of benzene rings is 2.